The summed E-state index contributed by atoms with van der Waals surface area (Å²) in [6, 6.07) is 0. The minimum Gasteiger partial charge on any atom is -0.383 e. The van der Waals surface area contributed by atoms with Crippen molar-refractivity contribution < 1.29 is 4.74 Å². The van der Waals surface area contributed by atoms with Crippen molar-refractivity contribution in [1.82, 2.24) is 9.97 Å². The van der Waals surface area contributed by atoms with Crippen LogP contribution in [-0.2, 0) is 11.2 Å². The summed E-state index contributed by atoms with van der Waals surface area (Å²) in [6.07, 6.45) is 3.88. The molecule has 0 aliphatic carbocycles. The second-order valence-electron chi connectivity index (χ2n) is 5.19. The smallest absolute Gasteiger partial charge is 0.137 e. The Morgan fingerprint density at radius 2 is 1.94 bits per heavy atom. The van der Waals surface area contributed by atoms with Gasteiger partial charge in [-0.1, -0.05) is 6.92 Å². The molecule has 1 aromatic rings. The molecule has 2 aliphatic rings. The van der Waals surface area contributed by atoms with Gasteiger partial charge in [-0.15, -0.1) is 0 Å². The Hall–Kier alpha value is -1.36. The molecule has 2 bridgehead atoms. The van der Waals surface area contributed by atoms with Gasteiger partial charge in [0.15, 0.2) is 0 Å². The summed E-state index contributed by atoms with van der Waals surface area (Å²) in [5.74, 6) is 2.43. The SMILES string of the molecule is CCc1nc(N)c(C)c(N2CC3CCC(C2)O3)n1. The molecule has 0 radical (unpaired) electrons. The van der Waals surface area contributed by atoms with Gasteiger partial charge >= 0.3 is 0 Å². The van der Waals surface area contributed by atoms with Crippen LogP contribution >= 0.6 is 0 Å². The van der Waals surface area contributed by atoms with E-state index in [1.165, 1.54) is 12.8 Å². The van der Waals surface area contributed by atoms with Crippen LogP contribution in [0.25, 0.3) is 0 Å². The van der Waals surface area contributed by atoms with E-state index in [9.17, 15) is 0 Å². The van der Waals surface area contributed by atoms with E-state index >= 15 is 0 Å². The van der Waals surface area contributed by atoms with Crippen molar-refractivity contribution in [2.45, 2.75) is 45.3 Å². The van der Waals surface area contributed by atoms with Crippen LogP contribution in [0.4, 0.5) is 11.6 Å². The Kier molecular flexibility index (Phi) is 2.86. The maximum absolute atomic E-state index is 5.98. The number of nitrogens with two attached hydrogens (primary N) is 1. The first-order chi connectivity index (χ1) is 8.67. The first-order valence-corrected chi connectivity index (χ1v) is 6.70. The average Bonchev–Trinajstić information content (AvgIpc) is 2.71. The first kappa shape index (κ1) is 11.7. The van der Waals surface area contributed by atoms with E-state index < -0.39 is 0 Å². The molecule has 0 amide bonds. The molecule has 3 rings (SSSR count). The number of nitrogens with zero attached hydrogens (tertiary/aromatic N) is 3. The van der Waals surface area contributed by atoms with E-state index in [0.717, 1.165) is 36.7 Å². The van der Waals surface area contributed by atoms with Gasteiger partial charge in [0, 0.05) is 25.1 Å². The molecule has 5 heteroatoms. The molecule has 2 atom stereocenters. The Morgan fingerprint density at radius 1 is 1.28 bits per heavy atom. The summed E-state index contributed by atoms with van der Waals surface area (Å²) in [5, 5.41) is 0. The minimum atomic E-state index is 0.365. The molecule has 2 aliphatic heterocycles. The molecule has 1 aromatic heterocycles. The number of fused-ring (bicyclic) bond motifs is 2. The van der Waals surface area contributed by atoms with Gasteiger partial charge in [0.05, 0.1) is 12.2 Å². The zero-order valence-electron chi connectivity index (χ0n) is 11.0. The molecule has 0 saturated carbocycles. The summed E-state index contributed by atoms with van der Waals surface area (Å²) < 4.78 is 5.86. The summed E-state index contributed by atoms with van der Waals surface area (Å²) in [4.78, 5) is 11.3. The Balaban J connectivity index is 1.93. The molecule has 2 unspecified atom stereocenters. The van der Waals surface area contributed by atoms with E-state index in [1.54, 1.807) is 0 Å². The molecule has 2 N–H and O–H groups in total. The van der Waals surface area contributed by atoms with Crippen LogP contribution < -0.4 is 10.6 Å². The maximum atomic E-state index is 5.98. The highest BCUT2D eigenvalue weighted by Crippen LogP contribution is 2.31. The molecule has 18 heavy (non-hydrogen) atoms. The third-order valence-corrected chi connectivity index (χ3v) is 3.86. The molecule has 2 fully saturated rings. The molecule has 98 valence electrons. The quantitative estimate of drug-likeness (QED) is 0.854. The number of aryl methyl sites for hydroxylation is 1. The van der Waals surface area contributed by atoms with Crippen LogP contribution in [0.2, 0.25) is 0 Å². The highest BCUT2D eigenvalue weighted by molar-refractivity contribution is 5.57. The summed E-state index contributed by atoms with van der Waals surface area (Å²) >= 11 is 0. The Bertz CT molecular complexity index is 451. The predicted octanol–water partition coefficient (Wildman–Crippen LogP) is 1.30. The normalized spacial score (nSPS) is 26.7. The Morgan fingerprint density at radius 3 is 2.56 bits per heavy atom. The number of morpholine rings is 1. The number of aromatic nitrogens is 2. The second-order valence-corrected chi connectivity index (χ2v) is 5.19. The lowest BCUT2D eigenvalue weighted by Gasteiger charge is -2.34. The van der Waals surface area contributed by atoms with Crippen molar-refractivity contribution in [2.75, 3.05) is 23.7 Å². The molecule has 2 saturated heterocycles. The van der Waals surface area contributed by atoms with Crippen molar-refractivity contribution in [3.63, 3.8) is 0 Å². The van der Waals surface area contributed by atoms with E-state index in [4.69, 9.17) is 10.5 Å². The lowest BCUT2D eigenvalue weighted by Crippen LogP contribution is -2.43. The third-order valence-electron chi connectivity index (χ3n) is 3.86. The standard InChI is InChI=1S/C13H20N4O/c1-3-11-15-12(14)8(2)13(16-11)17-6-9-4-5-10(7-17)18-9/h9-10H,3-7H2,1-2H3,(H2,14,15,16). The van der Waals surface area contributed by atoms with Crippen LogP contribution in [0.15, 0.2) is 0 Å². The fourth-order valence-corrected chi connectivity index (χ4v) is 2.82. The molecule has 0 aromatic carbocycles. The van der Waals surface area contributed by atoms with Gasteiger partial charge in [0.1, 0.15) is 17.5 Å². The van der Waals surface area contributed by atoms with Crippen molar-refractivity contribution in [3.8, 4) is 0 Å². The fourth-order valence-electron chi connectivity index (χ4n) is 2.82. The van der Waals surface area contributed by atoms with Crippen LogP contribution in [-0.4, -0.2) is 35.3 Å². The highest BCUT2D eigenvalue weighted by Gasteiger charge is 2.35. The summed E-state index contributed by atoms with van der Waals surface area (Å²) in [7, 11) is 0. The lowest BCUT2D eigenvalue weighted by atomic mass is 10.2. The van der Waals surface area contributed by atoms with Gasteiger partial charge in [-0.3, -0.25) is 0 Å². The largest absolute Gasteiger partial charge is 0.383 e. The van der Waals surface area contributed by atoms with Crippen LogP contribution in [0.5, 0.6) is 0 Å². The van der Waals surface area contributed by atoms with Crippen LogP contribution in [0.1, 0.15) is 31.2 Å². The number of rotatable bonds is 2. The van der Waals surface area contributed by atoms with E-state index in [-0.39, 0.29) is 0 Å². The predicted molar refractivity (Wildman–Crippen MR) is 70.7 cm³/mol. The number of hydrogen-bond donors (Lipinski definition) is 1. The minimum absolute atomic E-state index is 0.365. The van der Waals surface area contributed by atoms with Crippen LogP contribution in [0, 0.1) is 6.92 Å². The van der Waals surface area contributed by atoms with Crippen molar-refractivity contribution in [2.24, 2.45) is 0 Å². The first-order valence-electron chi connectivity index (χ1n) is 6.70. The number of anilines is 2. The van der Waals surface area contributed by atoms with Gasteiger partial charge in [-0.2, -0.15) is 0 Å². The number of nitrogen functional groups attached to an aromatic ring is 1. The molecule has 5 nitrogen and oxygen atoms in total. The topological polar surface area (TPSA) is 64.3 Å². The fraction of sp³-hybridized carbons (Fsp3) is 0.692. The maximum Gasteiger partial charge on any atom is 0.137 e. The summed E-state index contributed by atoms with van der Waals surface area (Å²) in [5.41, 5.74) is 6.97. The Labute approximate surface area is 107 Å². The monoisotopic (exact) mass is 248 g/mol. The van der Waals surface area contributed by atoms with Gasteiger partial charge < -0.3 is 15.4 Å². The third kappa shape index (κ3) is 1.92. The van der Waals surface area contributed by atoms with Gasteiger partial charge in [0.2, 0.25) is 0 Å². The van der Waals surface area contributed by atoms with Crippen molar-refractivity contribution in [1.29, 1.82) is 0 Å². The van der Waals surface area contributed by atoms with Gasteiger partial charge in [-0.05, 0) is 19.8 Å². The zero-order chi connectivity index (χ0) is 12.7. The van der Waals surface area contributed by atoms with E-state index in [1.807, 2.05) is 6.92 Å². The molecule has 3 heterocycles. The molecular formula is C13H20N4O. The van der Waals surface area contributed by atoms with E-state index in [0.29, 0.717) is 18.0 Å². The van der Waals surface area contributed by atoms with Gasteiger partial charge in [-0.25, -0.2) is 9.97 Å². The van der Waals surface area contributed by atoms with Crippen LogP contribution in [0.3, 0.4) is 0 Å². The summed E-state index contributed by atoms with van der Waals surface area (Å²) in [6.45, 7) is 5.91. The highest BCUT2D eigenvalue weighted by atomic mass is 16.5. The second kappa shape index (κ2) is 4.39. The number of ether oxygens (including phenoxy) is 1. The lowest BCUT2D eigenvalue weighted by molar-refractivity contribution is 0.0301. The van der Waals surface area contributed by atoms with Gasteiger partial charge in [0.25, 0.3) is 0 Å². The average molecular weight is 248 g/mol. The van der Waals surface area contributed by atoms with Crippen molar-refractivity contribution >= 4 is 11.6 Å². The van der Waals surface area contributed by atoms with Crippen molar-refractivity contribution in [3.05, 3.63) is 11.4 Å². The zero-order valence-corrected chi connectivity index (χ0v) is 11.0. The molecular weight excluding hydrogens is 228 g/mol. The number of hydrogen-bond acceptors (Lipinski definition) is 5. The van der Waals surface area contributed by atoms with E-state index in [2.05, 4.69) is 21.8 Å². The molecule has 0 spiro atoms.